The number of hydrogen-bond acceptors (Lipinski definition) is 1. The molecule has 0 fully saturated rings. The van der Waals surface area contributed by atoms with E-state index in [0.717, 1.165) is 0 Å². The number of nitrogens with zero attached hydrogens (tertiary/aromatic N) is 1. The van der Waals surface area contributed by atoms with Gasteiger partial charge in [-0.2, -0.15) is 0 Å². The molecule has 46 valence electrons. The Morgan fingerprint density at radius 2 is 2.10 bits per heavy atom. The smallest absolute Gasteiger partial charge is 0.0347 e. The third-order valence-corrected chi connectivity index (χ3v) is 2.05. The monoisotopic (exact) mass is 127 g/mol. The molecule has 0 aliphatic heterocycles. The molecule has 2 aliphatic carbocycles. The zero-order valence-electron chi connectivity index (χ0n) is 5.33. The molecule has 1 aromatic heterocycles. The van der Waals surface area contributed by atoms with E-state index in [1.165, 1.54) is 21.6 Å². The summed E-state index contributed by atoms with van der Waals surface area (Å²) < 4.78 is 0. The van der Waals surface area contributed by atoms with E-state index >= 15 is 0 Å². The van der Waals surface area contributed by atoms with Crippen LogP contribution >= 0.6 is 0 Å². The van der Waals surface area contributed by atoms with Gasteiger partial charge in [0.15, 0.2) is 0 Å². The van der Waals surface area contributed by atoms with Crippen LogP contribution in [-0.4, -0.2) is 4.98 Å². The van der Waals surface area contributed by atoms with Gasteiger partial charge in [0.1, 0.15) is 0 Å². The average Bonchev–Trinajstić information content (AvgIpc) is 2.25. The van der Waals surface area contributed by atoms with Crippen LogP contribution in [-0.2, 0) is 0 Å². The quantitative estimate of drug-likeness (QED) is 0.480. The molecule has 0 radical (unpaired) electrons. The maximum Gasteiger partial charge on any atom is 0.0347 e. The molecule has 3 rings (SSSR count). The van der Waals surface area contributed by atoms with E-state index in [4.69, 9.17) is 0 Å². The zero-order chi connectivity index (χ0) is 6.55. The Kier molecular flexibility index (Phi) is 0.539. The number of aromatic nitrogens is 1. The standard InChI is InChI=1S/C9H5N/c1-2-7-4-10-5-8-3-6(1)9(7)8/h1-5H. The van der Waals surface area contributed by atoms with Gasteiger partial charge in [0, 0.05) is 23.2 Å². The molecule has 2 aliphatic rings. The van der Waals surface area contributed by atoms with Gasteiger partial charge in [-0.05, 0) is 16.9 Å². The molecule has 0 aromatic carbocycles. The topological polar surface area (TPSA) is 12.9 Å². The highest BCUT2D eigenvalue weighted by atomic mass is 14.6. The molecule has 0 spiro atoms. The van der Waals surface area contributed by atoms with Crippen molar-refractivity contribution in [2.75, 3.05) is 0 Å². The van der Waals surface area contributed by atoms with Gasteiger partial charge in [0.05, 0.1) is 0 Å². The minimum atomic E-state index is 1.27. The summed E-state index contributed by atoms with van der Waals surface area (Å²) in [6.45, 7) is 0. The Labute approximate surface area is 58.0 Å². The lowest BCUT2D eigenvalue weighted by molar-refractivity contribution is 1.25. The SMILES string of the molecule is C1=Cc2cncc3c2=C1C=3. The van der Waals surface area contributed by atoms with Crippen LogP contribution in [0.5, 0.6) is 0 Å². The van der Waals surface area contributed by atoms with Crippen LogP contribution in [0.3, 0.4) is 0 Å². The molecule has 0 saturated carbocycles. The van der Waals surface area contributed by atoms with Crippen molar-refractivity contribution in [3.05, 3.63) is 34.5 Å². The van der Waals surface area contributed by atoms with Crippen molar-refractivity contribution in [1.82, 2.24) is 4.98 Å². The van der Waals surface area contributed by atoms with Crippen molar-refractivity contribution >= 4 is 17.7 Å². The average molecular weight is 127 g/mol. The summed E-state index contributed by atoms with van der Waals surface area (Å²) in [5.74, 6) is 0. The molecule has 0 unspecified atom stereocenters. The van der Waals surface area contributed by atoms with E-state index in [-0.39, 0.29) is 0 Å². The van der Waals surface area contributed by atoms with Crippen LogP contribution in [0, 0.1) is 0 Å². The van der Waals surface area contributed by atoms with Gasteiger partial charge in [-0.3, -0.25) is 4.98 Å². The second-order valence-electron chi connectivity index (χ2n) is 2.63. The van der Waals surface area contributed by atoms with Gasteiger partial charge in [-0.25, -0.2) is 0 Å². The summed E-state index contributed by atoms with van der Waals surface area (Å²) in [4.78, 5) is 4.10. The molecule has 1 nitrogen and oxygen atoms in total. The van der Waals surface area contributed by atoms with Crippen molar-refractivity contribution < 1.29 is 0 Å². The maximum absolute atomic E-state index is 4.10. The molecule has 1 heteroatoms. The van der Waals surface area contributed by atoms with Crippen LogP contribution in [0.1, 0.15) is 5.56 Å². The van der Waals surface area contributed by atoms with Crippen molar-refractivity contribution in [2.45, 2.75) is 0 Å². The van der Waals surface area contributed by atoms with Crippen molar-refractivity contribution in [1.29, 1.82) is 0 Å². The Hall–Kier alpha value is -1.37. The first-order chi connectivity index (χ1) is 4.95. The lowest BCUT2D eigenvalue weighted by Gasteiger charge is -2.01. The Bertz CT molecular complexity index is 452. The summed E-state index contributed by atoms with van der Waals surface area (Å²) in [6.07, 6.45) is 10.2. The van der Waals surface area contributed by atoms with Crippen molar-refractivity contribution in [2.24, 2.45) is 0 Å². The number of pyridine rings is 1. The second kappa shape index (κ2) is 1.21. The molecule has 1 heterocycles. The van der Waals surface area contributed by atoms with E-state index in [1.54, 1.807) is 0 Å². The van der Waals surface area contributed by atoms with E-state index in [1.807, 2.05) is 12.4 Å². The van der Waals surface area contributed by atoms with Gasteiger partial charge in [-0.1, -0.05) is 12.2 Å². The number of hydrogen-bond donors (Lipinski definition) is 0. The molecule has 0 N–H and O–H groups in total. The van der Waals surface area contributed by atoms with Crippen LogP contribution < -0.4 is 10.4 Å². The molecular weight excluding hydrogens is 122 g/mol. The fourth-order valence-electron chi connectivity index (χ4n) is 1.54. The maximum atomic E-state index is 4.10. The van der Waals surface area contributed by atoms with Gasteiger partial charge in [0.25, 0.3) is 0 Å². The largest absolute Gasteiger partial charge is 0.263 e. The summed E-state index contributed by atoms with van der Waals surface area (Å²) in [5.41, 5.74) is 2.64. The van der Waals surface area contributed by atoms with Crippen LogP contribution in [0.25, 0.3) is 17.7 Å². The third-order valence-electron chi connectivity index (χ3n) is 2.05. The third kappa shape index (κ3) is 0.320. The normalized spacial score (nSPS) is 16.2. The van der Waals surface area contributed by atoms with Gasteiger partial charge >= 0.3 is 0 Å². The van der Waals surface area contributed by atoms with Crippen molar-refractivity contribution in [3.8, 4) is 0 Å². The van der Waals surface area contributed by atoms with E-state index < -0.39 is 0 Å². The highest BCUT2D eigenvalue weighted by molar-refractivity contribution is 5.96. The Morgan fingerprint density at radius 1 is 1.10 bits per heavy atom. The summed E-state index contributed by atoms with van der Waals surface area (Å²) in [5, 5.41) is 2.69. The summed E-state index contributed by atoms with van der Waals surface area (Å²) >= 11 is 0. The Balaban J connectivity index is 2.70. The predicted octanol–water partition coefficient (Wildman–Crippen LogP) is 0.0532. The molecule has 0 amide bonds. The van der Waals surface area contributed by atoms with Crippen LogP contribution in [0.2, 0.25) is 0 Å². The first-order valence-corrected chi connectivity index (χ1v) is 3.33. The molecule has 10 heavy (non-hydrogen) atoms. The molecule has 0 atom stereocenters. The number of allylic oxidation sites excluding steroid dienone is 1. The van der Waals surface area contributed by atoms with E-state index in [0.29, 0.717) is 0 Å². The first-order valence-electron chi connectivity index (χ1n) is 3.33. The molecular formula is C9H5N. The van der Waals surface area contributed by atoms with Crippen molar-refractivity contribution in [3.63, 3.8) is 0 Å². The molecule has 0 bridgehead atoms. The van der Waals surface area contributed by atoms with Gasteiger partial charge < -0.3 is 0 Å². The highest BCUT2D eigenvalue weighted by Crippen LogP contribution is 2.12. The zero-order valence-corrected chi connectivity index (χ0v) is 5.33. The van der Waals surface area contributed by atoms with Gasteiger partial charge in [0.2, 0.25) is 0 Å². The van der Waals surface area contributed by atoms with Gasteiger partial charge in [-0.15, -0.1) is 0 Å². The van der Waals surface area contributed by atoms with Crippen LogP contribution in [0.15, 0.2) is 18.5 Å². The lowest BCUT2D eigenvalue weighted by atomic mass is 10.0. The Morgan fingerprint density at radius 3 is 3.00 bits per heavy atom. The minimum Gasteiger partial charge on any atom is -0.263 e. The number of rotatable bonds is 0. The van der Waals surface area contributed by atoms with Crippen LogP contribution in [0.4, 0.5) is 0 Å². The molecule has 0 saturated heterocycles. The highest BCUT2D eigenvalue weighted by Gasteiger charge is 2.10. The fourth-order valence-corrected chi connectivity index (χ4v) is 1.54. The predicted molar refractivity (Wildman–Crippen MR) is 40.4 cm³/mol. The summed E-state index contributed by atoms with van der Waals surface area (Å²) in [6, 6.07) is 0. The second-order valence-corrected chi connectivity index (χ2v) is 2.63. The minimum absolute atomic E-state index is 1.27. The van der Waals surface area contributed by atoms with E-state index in [9.17, 15) is 0 Å². The lowest BCUT2D eigenvalue weighted by Crippen LogP contribution is -2.34. The first kappa shape index (κ1) is 4.45. The van der Waals surface area contributed by atoms with E-state index in [2.05, 4.69) is 23.2 Å². The fraction of sp³-hybridized carbons (Fsp3) is 0. The molecule has 1 aromatic rings. The summed E-state index contributed by atoms with van der Waals surface area (Å²) in [7, 11) is 0.